The van der Waals surface area contributed by atoms with E-state index in [1.807, 2.05) is 0 Å². The number of nitrogens with zero attached hydrogens (tertiary/aromatic N) is 1. The molecule has 0 bridgehead atoms. The van der Waals surface area contributed by atoms with Crippen LogP contribution in [0.4, 0.5) is 5.69 Å². The smallest absolute Gasteiger partial charge is 0.0377 e. The minimum absolute atomic E-state index is 0.148. The predicted molar refractivity (Wildman–Crippen MR) is 96.0 cm³/mol. The van der Waals surface area contributed by atoms with Gasteiger partial charge in [0.25, 0.3) is 0 Å². The van der Waals surface area contributed by atoms with Crippen LogP contribution in [0.15, 0.2) is 22.7 Å². The van der Waals surface area contributed by atoms with E-state index in [2.05, 4.69) is 79.0 Å². The Morgan fingerprint density at radius 3 is 2.57 bits per heavy atom. The van der Waals surface area contributed by atoms with Crippen molar-refractivity contribution in [2.75, 3.05) is 18.0 Å². The Morgan fingerprint density at radius 1 is 1.29 bits per heavy atom. The van der Waals surface area contributed by atoms with Crippen LogP contribution in [0.5, 0.6) is 0 Å². The molecule has 0 amide bonds. The molecule has 2 rings (SSSR count). The van der Waals surface area contributed by atoms with E-state index in [1.165, 1.54) is 35.1 Å². The molecule has 1 aliphatic heterocycles. The topological polar surface area (TPSA) is 15.3 Å². The summed E-state index contributed by atoms with van der Waals surface area (Å²) in [5.74, 6) is 0. The van der Waals surface area contributed by atoms with Gasteiger partial charge in [0, 0.05) is 35.3 Å². The van der Waals surface area contributed by atoms with E-state index in [-0.39, 0.29) is 5.54 Å². The van der Waals surface area contributed by atoms with Gasteiger partial charge in [0.05, 0.1) is 0 Å². The maximum Gasteiger partial charge on any atom is 0.0377 e. The molecule has 1 N–H and O–H groups in total. The summed E-state index contributed by atoms with van der Waals surface area (Å²) in [7, 11) is 0. The van der Waals surface area contributed by atoms with Crippen molar-refractivity contribution >= 4 is 21.6 Å². The van der Waals surface area contributed by atoms with Crippen LogP contribution in [0.3, 0.4) is 0 Å². The maximum atomic E-state index is 3.74. The van der Waals surface area contributed by atoms with Gasteiger partial charge in [0.15, 0.2) is 0 Å². The minimum atomic E-state index is 0.148. The summed E-state index contributed by atoms with van der Waals surface area (Å²) in [5.41, 5.74) is 3.24. The maximum absolute atomic E-state index is 3.74. The lowest BCUT2D eigenvalue weighted by atomic mass is 9.84. The number of halogens is 1. The molecule has 0 unspecified atom stereocenters. The Labute approximate surface area is 138 Å². The summed E-state index contributed by atoms with van der Waals surface area (Å²) in [6, 6.07) is 6.80. The van der Waals surface area contributed by atoms with Crippen molar-refractivity contribution in [1.82, 2.24) is 5.32 Å². The van der Waals surface area contributed by atoms with Crippen LogP contribution in [-0.2, 0) is 6.54 Å². The quantitative estimate of drug-likeness (QED) is 0.826. The van der Waals surface area contributed by atoms with Crippen LogP contribution in [0, 0.1) is 5.41 Å². The monoisotopic (exact) mass is 352 g/mol. The lowest BCUT2D eigenvalue weighted by molar-refractivity contribution is 0.293. The van der Waals surface area contributed by atoms with Crippen LogP contribution < -0.4 is 10.2 Å². The van der Waals surface area contributed by atoms with Crippen LogP contribution in [0.1, 0.15) is 53.0 Å². The van der Waals surface area contributed by atoms with Gasteiger partial charge in [-0.15, -0.1) is 0 Å². The van der Waals surface area contributed by atoms with Crippen LogP contribution in [0.2, 0.25) is 0 Å². The van der Waals surface area contributed by atoms with Crippen molar-refractivity contribution in [3.63, 3.8) is 0 Å². The number of anilines is 1. The van der Waals surface area contributed by atoms with Crippen molar-refractivity contribution in [2.24, 2.45) is 5.41 Å². The molecule has 0 aliphatic carbocycles. The highest BCUT2D eigenvalue weighted by molar-refractivity contribution is 9.10. The first kappa shape index (κ1) is 16.8. The summed E-state index contributed by atoms with van der Waals surface area (Å²) in [4.78, 5) is 2.52. The average Bonchev–Trinajstić information content (AvgIpc) is 2.35. The fourth-order valence-electron chi connectivity index (χ4n) is 2.88. The van der Waals surface area contributed by atoms with Gasteiger partial charge in [-0.1, -0.05) is 35.8 Å². The molecule has 1 aromatic rings. The van der Waals surface area contributed by atoms with Crippen molar-refractivity contribution in [3.05, 3.63) is 28.2 Å². The van der Waals surface area contributed by atoms with Crippen molar-refractivity contribution in [3.8, 4) is 0 Å². The molecule has 0 saturated carbocycles. The Bertz CT molecular complexity index is 488. The summed E-state index contributed by atoms with van der Waals surface area (Å²) >= 11 is 3.74. The molecular formula is C18H29BrN2. The Morgan fingerprint density at radius 2 is 2.00 bits per heavy atom. The van der Waals surface area contributed by atoms with Crippen molar-refractivity contribution < 1.29 is 0 Å². The summed E-state index contributed by atoms with van der Waals surface area (Å²) in [5, 5.41) is 3.55. The molecule has 0 radical (unpaired) electrons. The van der Waals surface area contributed by atoms with Crippen LogP contribution in [-0.4, -0.2) is 18.6 Å². The lowest BCUT2D eigenvalue weighted by Gasteiger charge is -2.39. The molecule has 0 aromatic heterocycles. The molecule has 0 spiro atoms. The van der Waals surface area contributed by atoms with Gasteiger partial charge in [0.2, 0.25) is 0 Å². The second kappa shape index (κ2) is 6.29. The molecule has 0 atom stereocenters. The molecule has 1 aliphatic rings. The first-order valence-electron chi connectivity index (χ1n) is 7.95. The number of benzene rings is 1. The Kier molecular flexibility index (Phi) is 5.04. The zero-order valence-electron chi connectivity index (χ0n) is 14.1. The second-order valence-electron chi connectivity index (χ2n) is 8.07. The van der Waals surface area contributed by atoms with Gasteiger partial charge in [-0.3, -0.25) is 0 Å². The first-order chi connectivity index (χ1) is 9.66. The fraction of sp³-hybridized carbons (Fsp3) is 0.667. The highest BCUT2D eigenvalue weighted by Gasteiger charge is 2.26. The Hall–Kier alpha value is -0.540. The second-order valence-corrected chi connectivity index (χ2v) is 8.92. The van der Waals surface area contributed by atoms with E-state index < -0.39 is 0 Å². The largest absolute Gasteiger partial charge is 0.371 e. The number of piperidine rings is 1. The van der Waals surface area contributed by atoms with E-state index in [4.69, 9.17) is 0 Å². The number of hydrogen-bond acceptors (Lipinski definition) is 2. The third-order valence-corrected chi connectivity index (χ3v) is 4.85. The average molecular weight is 353 g/mol. The van der Waals surface area contributed by atoms with E-state index in [1.54, 1.807) is 0 Å². The van der Waals surface area contributed by atoms with Gasteiger partial charge < -0.3 is 10.2 Å². The Balaban J connectivity index is 2.08. The van der Waals surface area contributed by atoms with Crippen LogP contribution in [0.25, 0.3) is 0 Å². The SMILES string of the molecule is CC1(C)CCCN(c2ccc(CNC(C)(C)C)c(Br)c2)C1. The van der Waals surface area contributed by atoms with Gasteiger partial charge in [0.1, 0.15) is 0 Å². The zero-order chi connectivity index (χ0) is 15.7. The summed E-state index contributed by atoms with van der Waals surface area (Å²) in [6.45, 7) is 14.6. The summed E-state index contributed by atoms with van der Waals surface area (Å²) < 4.78 is 1.21. The minimum Gasteiger partial charge on any atom is -0.371 e. The molecular weight excluding hydrogens is 324 g/mol. The van der Waals surface area contributed by atoms with E-state index in [9.17, 15) is 0 Å². The summed E-state index contributed by atoms with van der Waals surface area (Å²) in [6.07, 6.45) is 2.62. The van der Waals surface area contributed by atoms with Gasteiger partial charge in [-0.05, 0) is 56.7 Å². The molecule has 2 nitrogen and oxygen atoms in total. The molecule has 1 saturated heterocycles. The zero-order valence-corrected chi connectivity index (χ0v) is 15.7. The van der Waals surface area contributed by atoms with Crippen molar-refractivity contribution in [1.29, 1.82) is 0 Å². The van der Waals surface area contributed by atoms with E-state index >= 15 is 0 Å². The lowest BCUT2D eigenvalue weighted by Crippen LogP contribution is -2.40. The molecule has 21 heavy (non-hydrogen) atoms. The molecule has 3 heteroatoms. The van der Waals surface area contributed by atoms with Crippen LogP contribution >= 0.6 is 15.9 Å². The number of hydrogen-bond donors (Lipinski definition) is 1. The number of rotatable bonds is 3. The molecule has 1 aromatic carbocycles. The highest BCUT2D eigenvalue weighted by Crippen LogP contribution is 2.33. The predicted octanol–water partition coefficient (Wildman–Crippen LogP) is 4.96. The molecule has 118 valence electrons. The van der Waals surface area contributed by atoms with E-state index in [0.29, 0.717) is 5.41 Å². The van der Waals surface area contributed by atoms with Gasteiger partial charge in [-0.25, -0.2) is 0 Å². The third-order valence-electron chi connectivity index (χ3n) is 4.11. The normalized spacial score (nSPS) is 18.9. The fourth-order valence-corrected chi connectivity index (χ4v) is 3.39. The molecule has 1 heterocycles. The highest BCUT2D eigenvalue weighted by atomic mass is 79.9. The van der Waals surface area contributed by atoms with Gasteiger partial charge >= 0.3 is 0 Å². The standard InChI is InChI=1S/C18H29BrN2/c1-17(2,3)20-12-14-7-8-15(11-16(14)19)21-10-6-9-18(4,5)13-21/h7-8,11,20H,6,9-10,12-13H2,1-5H3. The third kappa shape index (κ3) is 5.00. The first-order valence-corrected chi connectivity index (χ1v) is 8.74. The van der Waals surface area contributed by atoms with E-state index in [0.717, 1.165) is 13.1 Å². The molecule has 1 fully saturated rings. The number of nitrogens with one attached hydrogen (secondary N) is 1. The van der Waals surface area contributed by atoms with Crippen molar-refractivity contribution in [2.45, 2.75) is 59.5 Å². The van der Waals surface area contributed by atoms with Gasteiger partial charge in [-0.2, -0.15) is 0 Å².